The van der Waals surface area contributed by atoms with Crippen LogP contribution in [0.25, 0.3) is 0 Å². The Balaban J connectivity index is 5.12. The van der Waals surface area contributed by atoms with Crippen LogP contribution in [-0.2, 0) is 19.0 Å². The highest BCUT2D eigenvalue weighted by molar-refractivity contribution is 5.76. The third kappa shape index (κ3) is 6.78. The van der Waals surface area contributed by atoms with Gasteiger partial charge in [-0.2, -0.15) is 22.0 Å². The molecule has 0 fully saturated rings. The van der Waals surface area contributed by atoms with Gasteiger partial charge in [-0.25, -0.2) is 0 Å². The van der Waals surface area contributed by atoms with Gasteiger partial charge in [0.15, 0.2) is 6.79 Å². The van der Waals surface area contributed by atoms with Crippen LogP contribution in [0.5, 0.6) is 0 Å². The standard InChI is InChI=1S/C17H30F5NO5/c1-8-23-11(2)13(3,4)12(24)26-9-15(7,14(5,6)25)27-10-28-17(21,22)16(18,19)20/h11,23,25H,8-10H2,1-7H3. The van der Waals surface area contributed by atoms with E-state index in [-0.39, 0.29) is 6.04 Å². The molecule has 0 heterocycles. The van der Waals surface area contributed by atoms with Crippen LogP contribution in [0.2, 0.25) is 0 Å². The van der Waals surface area contributed by atoms with Gasteiger partial charge in [0.2, 0.25) is 0 Å². The molecule has 28 heavy (non-hydrogen) atoms. The molecule has 0 amide bonds. The summed E-state index contributed by atoms with van der Waals surface area (Å²) in [5, 5.41) is 13.3. The molecule has 2 N–H and O–H groups in total. The summed E-state index contributed by atoms with van der Waals surface area (Å²) < 4.78 is 75.8. The van der Waals surface area contributed by atoms with E-state index in [4.69, 9.17) is 9.47 Å². The van der Waals surface area contributed by atoms with E-state index in [0.717, 1.165) is 0 Å². The lowest BCUT2D eigenvalue weighted by Gasteiger charge is -2.40. The Morgan fingerprint density at radius 1 is 1.04 bits per heavy atom. The van der Waals surface area contributed by atoms with E-state index in [0.29, 0.717) is 6.54 Å². The Kier molecular flexibility index (Phi) is 8.84. The number of carbonyl (C=O) groups is 1. The topological polar surface area (TPSA) is 77.0 Å². The minimum Gasteiger partial charge on any atom is -0.462 e. The van der Waals surface area contributed by atoms with Gasteiger partial charge in [-0.05, 0) is 48.1 Å². The van der Waals surface area contributed by atoms with E-state index >= 15 is 0 Å². The number of halogens is 5. The van der Waals surface area contributed by atoms with E-state index in [1.165, 1.54) is 20.8 Å². The first-order valence-corrected chi connectivity index (χ1v) is 8.67. The second-order valence-electron chi connectivity index (χ2n) is 7.79. The molecule has 11 heteroatoms. The van der Waals surface area contributed by atoms with Crippen molar-refractivity contribution < 1.29 is 46.1 Å². The smallest absolute Gasteiger partial charge is 0.462 e. The van der Waals surface area contributed by atoms with Crippen LogP contribution in [0.3, 0.4) is 0 Å². The van der Waals surface area contributed by atoms with Gasteiger partial charge < -0.3 is 19.9 Å². The molecule has 0 spiro atoms. The van der Waals surface area contributed by atoms with Crippen LogP contribution >= 0.6 is 0 Å². The average Bonchev–Trinajstić information content (AvgIpc) is 2.50. The number of aliphatic hydroxyl groups is 1. The average molecular weight is 423 g/mol. The Hall–Kier alpha value is -1.04. The summed E-state index contributed by atoms with van der Waals surface area (Å²) in [7, 11) is 0. The maximum absolute atomic E-state index is 12.9. The highest BCUT2D eigenvalue weighted by atomic mass is 19.4. The predicted molar refractivity (Wildman–Crippen MR) is 90.6 cm³/mol. The second kappa shape index (κ2) is 9.19. The maximum atomic E-state index is 12.9. The number of esters is 1. The van der Waals surface area contributed by atoms with Crippen LogP contribution in [0, 0.1) is 5.41 Å². The third-order valence-corrected chi connectivity index (χ3v) is 4.84. The van der Waals surface area contributed by atoms with Crippen molar-refractivity contribution in [2.24, 2.45) is 5.41 Å². The number of nitrogens with one attached hydrogen (secondary N) is 1. The Morgan fingerprint density at radius 3 is 1.93 bits per heavy atom. The first-order chi connectivity index (χ1) is 12.3. The Labute approximate surface area is 161 Å². The van der Waals surface area contributed by atoms with Crippen LogP contribution in [-0.4, -0.2) is 60.5 Å². The van der Waals surface area contributed by atoms with Crippen LogP contribution in [0.1, 0.15) is 48.5 Å². The molecule has 0 radical (unpaired) electrons. The zero-order valence-corrected chi connectivity index (χ0v) is 17.2. The van der Waals surface area contributed by atoms with Crippen LogP contribution in [0.4, 0.5) is 22.0 Å². The van der Waals surface area contributed by atoms with Crippen molar-refractivity contribution in [3.63, 3.8) is 0 Å². The summed E-state index contributed by atoms with van der Waals surface area (Å²) in [5.74, 6) is -0.665. The fourth-order valence-electron chi connectivity index (χ4n) is 1.84. The summed E-state index contributed by atoms with van der Waals surface area (Å²) in [6.07, 6.45) is -11.3. The van der Waals surface area contributed by atoms with Gasteiger partial charge in [0, 0.05) is 6.04 Å². The maximum Gasteiger partial charge on any atom is 0.483 e. The van der Waals surface area contributed by atoms with Crippen molar-refractivity contribution in [3.8, 4) is 0 Å². The second-order valence-corrected chi connectivity index (χ2v) is 7.79. The van der Waals surface area contributed by atoms with E-state index < -0.39 is 48.3 Å². The molecule has 2 unspecified atom stereocenters. The van der Waals surface area contributed by atoms with Gasteiger partial charge in [0.1, 0.15) is 12.2 Å². The predicted octanol–water partition coefficient (Wildman–Crippen LogP) is 3.23. The summed E-state index contributed by atoms with van der Waals surface area (Å²) in [5.41, 5.74) is -4.56. The molecular weight excluding hydrogens is 393 g/mol. The van der Waals surface area contributed by atoms with E-state index in [1.807, 2.05) is 6.92 Å². The number of alkyl halides is 5. The Bertz CT molecular complexity index is 519. The lowest BCUT2D eigenvalue weighted by atomic mass is 9.85. The number of carbonyl (C=O) groups excluding carboxylic acids is 1. The molecule has 0 bridgehead atoms. The molecule has 0 saturated carbocycles. The van der Waals surface area contributed by atoms with Crippen molar-refractivity contribution in [2.45, 2.75) is 78.0 Å². The lowest BCUT2D eigenvalue weighted by Crippen LogP contribution is -2.55. The fourth-order valence-corrected chi connectivity index (χ4v) is 1.84. The fraction of sp³-hybridized carbons (Fsp3) is 0.941. The molecule has 0 aliphatic carbocycles. The molecule has 0 aromatic heterocycles. The Morgan fingerprint density at radius 2 is 1.54 bits per heavy atom. The minimum absolute atomic E-state index is 0.270. The highest BCUT2D eigenvalue weighted by Gasteiger charge is 2.60. The molecule has 0 aliphatic rings. The normalized spacial score (nSPS) is 17.2. The van der Waals surface area contributed by atoms with Gasteiger partial charge in [0.05, 0.1) is 11.0 Å². The number of ether oxygens (including phenoxy) is 3. The van der Waals surface area contributed by atoms with Crippen LogP contribution < -0.4 is 5.32 Å². The monoisotopic (exact) mass is 423 g/mol. The molecule has 6 nitrogen and oxygen atoms in total. The number of hydrogen-bond acceptors (Lipinski definition) is 6. The minimum atomic E-state index is -5.92. The first kappa shape index (κ1) is 27.0. The van der Waals surface area contributed by atoms with Crippen molar-refractivity contribution in [1.82, 2.24) is 5.32 Å². The molecule has 168 valence electrons. The van der Waals surface area contributed by atoms with E-state index in [2.05, 4.69) is 10.1 Å². The summed E-state index contributed by atoms with van der Waals surface area (Å²) in [6, 6.07) is -0.270. The molecule has 0 saturated heterocycles. The van der Waals surface area contributed by atoms with Gasteiger partial charge in [0.25, 0.3) is 0 Å². The SMILES string of the molecule is CCNC(C)C(C)(C)C(=O)OCC(C)(OCOC(F)(F)C(F)(F)F)C(C)(C)O. The largest absolute Gasteiger partial charge is 0.483 e. The summed E-state index contributed by atoms with van der Waals surface area (Å²) >= 11 is 0. The molecule has 0 aromatic rings. The molecule has 2 atom stereocenters. The zero-order chi connectivity index (χ0) is 22.6. The summed E-state index contributed by atoms with van der Waals surface area (Å²) in [6.45, 7) is 9.06. The van der Waals surface area contributed by atoms with Crippen LogP contribution in [0.15, 0.2) is 0 Å². The van der Waals surface area contributed by atoms with Crippen molar-refractivity contribution in [1.29, 1.82) is 0 Å². The van der Waals surface area contributed by atoms with E-state index in [1.54, 1.807) is 20.8 Å². The number of hydrogen-bond donors (Lipinski definition) is 2. The number of rotatable bonds is 11. The van der Waals surface area contributed by atoms with Gasteiger partial charge in [-0.1, -0.05) is 6.92 Å². The molecule has 0 rings (SSSR count). The first-order valence-electron chi connectivity index (χ1n) is 8.67. The lowest BCUT2D eigenvalue weighted by molar-refractivity contribution is -0.413. The molecule has 0 aromatic carbocycles. The van der Waals surface area contributed by atoms with Crippen molar-refractivity contribution in [3.05, 3.63) is 0 Å². The van der Waals surface area contributed by atoms with Gasteiger partial charge in [-0.15, -0.1) is 0 Å². The van der Waals surface area contributed by atoms with Gasteiger partial charge in [-0.3, -0.25) is 9.53 Å². The van der Waals surface area contributed by atoms with E-state index in [9.17, 15) is 31.9 Å². The van der Waals surface area contributed by atoms with Crippen molar-refractivity contribution >= 4 is 5.97 Å². The summed E-state index contributed by atoms with van der Waals surface area (Å²) in [4.78, 5) is 12.4. The highest BCUT2D eigenvalue weighted by Crippen LogP contribution is 2.37. The quantitative estimate of drug-likeness (QED) is 0.302. The van der Waals surface area contributed by atoms with Gasteiger partial charge >= 0.3 is 18.3 Å². The van der Waals surface area contributed by atoms with Crippen molar-refractivity contribution in [2.75, 3.05) is 19.9 Å². The molecule has 0 aliphatic heterocycles. The zero-order valence-electron chi connectivity index (χ0n) is 17.2. The third-order valence-electron chi connectivity index (χ3n) is 4.84. The molecular formula is C17H30F5NO5.